The monoisotopic (exact) mass is 373 g/mol. The number of rotatable bonds is 2. The van der Waals surface area contributed by atoms with Crippen molar-refractivity contribution in [3.05, 3.63) is 88.5 Å². The summed E-state index contributed by atoms with van der Waals surface area (Å²) < 4.78 is 15.5. The lowest BCUT2D eigenvalue weighted by molar-refractivity contribution is -0.116. The number of fused-ring (bicyclic) bond motifs is 1. The third-order valence-corrected chi connectivity index (χ3v) is 5.61. The Labute approximate surface area is 162 Å². The molecule has 5 heteroatoms. The molecular formula is C23H20FN3O. The molecule has 1 aliphatic carbocycles. The zero-order valence-corrected chi connectivity index (χ0v) is 15.6. The normalized spacial score (nSPS) is 18.5. The van der Waals surface area contributed by atoms with E-state index in [0.29, 0.717) is 6.42 Å². The second kappa shape index (κ2) is 6.44. The molecule has 2 aromatic carbocycles. The second-order valence-corrected chi connectivity index (χ2v) is 7.37. The van der Waals surface area contributed by atoms with Crippen LogP contribution >= 0.6 is 0 Å². The molecule has 0 saturated carbocycles. The summed E-state index contributed by atoms with van der Waals surface area (Å²) in [5.74, 6) is 0.558. The lowest BCUT2D eigenvalue weighted by atomic mass is 9.76. The van der Waals surface area contributed by atoms with Gasteiger partial charge in [-0.05, 0) is 49.6 Å². The van der Waals surface area contributed by atoms with E-state index in [2.05, 4.69) is 5.32 Å². The van der Waals surface area contributed by atoms with Crippen molar-refractivity contribution in [3.63, 3.8) is 0 Å². The molecule has 28 heavy (non-hydrogen) atoms. The van der Waals surface area contributed by atoms with Crippen molar-refractivity contribution in [1.29, 1.82) is 0 Å². The molecule has 2 aliphatic rings. The van der Waals surface area contributed by atoms with Gasteiger partial charge in [-0.15, -0.1) is 0 Å². The Morgan fingerprint density at radius 1 is 1.07 bits per heavy atom. The number of hydrogen-bond donors (Lipinski definition) is 1. The van der Waals surface area contributed by atoms with Crippen LogP contribution in [0.2, 0.25) is 0 Å². The van der Waals surface area contributed by atoms with Crippen LogP contribution in [0.5, 0.6) is 0 Å². The van der Waals surface area contributed by atoms with Crippen molar-refractivity contribution in [2.75, 3.05) is 5.32 Å². The summed E-state index contributed by atoms with van der Waals surface area (Å²) in [6.07, 6.45) is 2.23. The maximum atomic E-state index is 13.6. The first-order chi connectivity index (χ1) is 13.6. The van der Waals surface area contributed by atoms with Gasteiger partial charge in [0.05, 0.1) is 11.4 Å². The Hall–Kier alpha value is -3.21. The molecule has 0 bridgehead atoms. The van der Waals surface area contributed by atoms with E-state index in [-0.39, 0.29) is 17.5 Å². The van der Waals surface area contributed by atoms with Crippen molar-refractivity contribution < 1.29 is 9.18 Å². The van der Waals surface area contributed by atoms with Crippen LogP contribution < -0.4 is 5.32 Å². The average Bonchev–Trinajstić information content (AvgIpc) is 3.04. The highest BCUT2D eigenvalue weighted by molar-refractivity contribution is 6.01. The first-order valence-corrected chi connectivity index (χ1v) is 9.57. The van der Waals surface area contributed by atoms with Crippen LogP contribution in [0, 0.1) is 12.7 Å². The molecule has 1 N–H and O–H groups in total. The largest absolute Gasteiger partial charge is 0.343 e. The average molecular weight is 373 g/mol. The minimum atomic E-state index is -0.279. The third kappa shape index (κ3) is 2.58. The van der Waals surface area contributed by atoms with Gasteiger partial charge in [0, 0.05) is 29.2 Å². The summed E-state index contributed by atoms with van der Waals surface area (Å²) in [4.78, 5) is 12.9. The van der Waals surface area contributed by atoms with Gasteiger partial charge in [-0.3, -0.25) is 4.79 Å². The number of nitrogens with one attached hydrogen (secondary N) is 1. The topological polar surface area (TPSA) is 46.9 Å². The molecule has 4 nitrogen and oxygen atoms in total. The zero-order chi connectivity index (χ0) is 19.3. The summed E-state index contributed by atoms with van der Waals surface area (Å²) >= 11 is 0. The van der Waals surface area contributed by atoms with Gasteiger partial charge in [-0.25, -0.2) is 9.07 Å². The van der Waals surface area contributed by atoms with Crippen LogP contribution in [0.1, 0.15) is 42.0 Å². The molecule has 140 valence electrons. The van der Waals surface area contributed by atoms with Crippen LogP contribution in [-0.2, 0) is 4.79 Å². The van der Waals surface area contributed by atoms with Gasteiger partial charge in [0.2, 0.25) is 0 Å². The highest BCUT2D eigenvalue weighted by atomic mass is 19.1. The third-order valence-electron chi connectivity index (χ3n) is 5.61. The fourth-order valence-electron chi connectivity index (χ4n) is 4.37. The van der Waals surface area contributed by atoms with E-state index in [4.69, 9.17) is 5.10 Å². The summed E-state index contributed by atoms with van der Waals surface area (Å²) in [5, 5.41) is 8.29. The number of para-hydroxylation sites is 1. The van der Waals surface area contributed by atoms with Gasteiger partial charge < -0.3 is 5.32 Å². The number of aromatic nitrogens is 2. The van der Waals surface area contributed by atoms with Crippen LogP contribution in [0.3, 0.4) is 0 Å². The first kappa shape index (κ1) is 16.9. The highest BCUT2D eigenvalue weighted by Gasteiger charge is 2.38. The van der Waals surface area contributed by atoms with E-state index >= 15 is 0 Å². The molecule has 1 aromatic heterocycles. The molecule has 0 saturated heterocycles. The van der Waals surface area contributed by atoms with Gasteiger partial charge in [-0.1, -0.05) is 30.3 Å². The maximum absolute atomic E-state index is 13.6. The van der Waals surface area contributed by atoms with E-state index in [1.807, 2.05) is 41.9 Å². The van der Waals surface area contributed by atoms with E-state index in [1.54, 1.807) is 12.1 Å². The number of ketones is 1. The number of hydrogen-bond acceptors (Lipinski definition) is 3. The number of halogens is 1. The van der Waals surface area contributed by atoms with Gasteiger partial charge in [0.1, 0.15) is 11.6 Å². The second-order valence-electron chi connectivity index (χ2n) is 7.37. The minimum Gasteiger partial charge on any atom is -0.343 e. The number of nitrogens with zero attached hydrogens (tertiary/aromatic N) is 2. The van der Waals surface area contributed by atoms with Gasteiger partial charge in [0.25, 0.3) is 0 Å². The van der Waals surface area contributed by atoms with Crippen molar-refractivity contribution in [3.8, 4) is 5.69 Å². The number of carbonyl (C=O) groups excluding carboxylic acids is 1. The van der Waals surface area contributed by atoms with Gasteiger partial charge in [-0.2, -0.15) is 5.10 Å². The number of allylic oxidation sites excluding steroid dienone is 2. The SMILES string of the molecule is Cc1nn(-c2ccccc2)c2c1C(c1ccc(F)cc1)C1=C(CCCC1=O)N2. The highest BCUT2D eigenvalue weighted by Crippen LogP contribution is 2.47. The molecule has 1 aliphatic heterocycles. The Morgan fingerprint density at radius 2 is 1.82 bits per heavy atom. The number of anilines is 1. The Bertz CT molecular complexity index is 1100. The minimum absolute atomic E-state index is 0.167. The fourth-order valence-corrected chi connectivity index (χ4v) is 4.37. The van der Waals surface area contributed by atoms with Crippen molar-refractivity contribution in [2.45, 2.75) is 32.1 Å². The number of Topliss-reactive ketones (excluding diaryl/α,β-unsaturated/α-hetero) is 1. The predicted octanol–water partition coefficient (Wildman–Crippen LogP) is 4.88. The quantitative estimate of drug-likeness (QED) is 0.696. The summed E-state index contributed by atoms with van der Waals surface area (Å²) in [5.41, 5.74) is 5.51. The predicted molar refractivity (Wildman–Crippen MR) is 106 cm³/mol. The lowest BCUT2D eigenvalue weighted by Crippen LogP contribution is -2.27. The molecule has 1 atom stereocenters. The van der Waals surface area contributed by atoms with Crippen LogP contribution in [0.15, 0.2) is 65.9 Å². The molecular weight excluding hydrogens is 353 g/mol. The van der Waals surface area contributed by atoms with E-state index in [0.717, 1.165) is 52.4 Å². The molecule has 1 unspecified atom stereocenters. The van der Waals surface area contributed by atoms with E-state index < -0.39 is 0 Å². The van der Waals surface area contributed by atoms with Crippen molar-refractivity contribution in [1.82, 2.24) is 9.78 Å². The van der Waals surface area contributed by atoms with Crippen molar-refractivity contribution >= 4 is 11.6 Å². The Balaban J connectivity index is 1.75. The Morgan fingerprint density at radius 3 is 2.57 bits per heavy atom. The molecule has 0 radical (unpaired) electrons. The van der Waals surface area contributed by atoms with Gasteiger partial charge in [0.15, 0.2) is 5.78 Å². The van der Waals surface area contributed by atoms with Gasteiger partial charge >= 0.3 is 0 Å². The molecule has 0 fully saturated rings. The fraction of sp³-hybridized carbons (Fsp3) is 0.217. The van der Waals surface area contributed by atoms with E-state index in [9.17, 15) is 9.18 Å². The maximum Gasteiger partial charge on any atom is 0.161 e. The first-order valence-electron chi connectivity index (χ1n) is 9.57. The zero-order valence-electron chi connectivity index (χ0n) is 15.6. The molecule has 0 amide bonds. The van der Waals surface area contributed by atoms with Crippen LogP contribution in [-0.4, -0.2) is 15.6 Å². The lowest BCUT2D eigenvalue weighted by Gasteiger charge is -2.33. The smallest absolute Gasteiger partial charge is 0.161 e. The van der Waals surface area contributed by atoms with Crippen LogP contribution in [0.25, 0.3) is 5.69 Å². The molecule has 5 rings (SSSR count). The summed E-state index contributed by atoms with van der Waals surface area (Å²) in [7, 11) is 0. The standard InChI is InChI=1S/C23H20FN3O/c1-14-20-21(15-10-12-16(24)13-11-15)22-18(8-5-9-19(22)28)25-23(20)27(26-14)17-6-3-2-4-7-17/h2-4,6-7,10-13,21,25H,5,8-9H2,1H3. The molecule has 3 aromatic rings. The number of carbonyl (C=O) groups is 1. The van der Waals surface area contributed by atoms with Crippen LogP contribution in [0.4, 0.5) is 10.2 Å². The Kier molecular flexibility index (Phi) is 3.90. The van der Waals surface area contributed by atoms with Crippen molar-refractivity contribution in [2.24, 2.45) is 0 Å². The summed E-state index contributed by atoms with van der Waals surface area (Å²) in [6.45, 7) is 1.97. The number of aryl methyl sites for hydroxylation is 1. The van der Waals surface area contributed by atoms with E-state index in [1.165, 1.54) is 12.1 Å². The molecule has 2 heterocycles. The molecule has 0 spiro atoms. The summed E-state index contributed by atoms with van der Waals surface area (Å²) in [6, 6.07) is 16.4. The number of benzene rings is 2.